The number of carbonyl (C=O) groups is 1. The van der Waals surface area contributed by atoms with Gasteiger partial charge in [-0.15, -0.1) is 0 Å². The molecule has 0 radical (unpaired) electrons. The van der Waals surface area contributed by atoms with E-state index in [1.54, 1.807) is 29.1 Å². The highest BCUT2D eigenvalue weighted by Crippen LogP contribution is 2.24. The molecule has 0 saturated carbocycles. The minimum Gasteiger partial charge on any atom is -0.478 e. The smallest absolute Gasteiger partial charge is 0.339 e. The van der Waals surface area contributed by atoms with Crippen molar-refractivity contribution in [2.45, 2.75) is 13.5 Å². The number of halogens is 1. The van der Waals surface area contributed by atoms with Gasteiger partial charge in [0.25, 0.3) is 0 Å². The predicted octanol–water partition coefficient (Wildman–Crippen LogP) is 2.66. The van der Waals surface area contributed by atoms with Crippen LogP contribution in [0.25, 0.3) is 0 Å². The van der Waals surface area contributed by atoms with Crippen molar-refractivity contribution in [3.8, 4) is 0 Å². The molecule has 0 bridgehead atoms. The zero-order valence-corrected chi connectivity index (χ0v) is 11.2. The predicted molar refractivity (Wildman–Crippen MR) is 73.9 cm³/mol. The number of nitrogens with zero attached hydrogens (tertiary/aromatic N) is 2. The molecule has 0 atom stereocenters. The quantitative estimate of drug-likeness (QED) is 0.883. The highest BCUT2D eigenvalue weighted by molar-refractivity contribution is 6.34. The molecule has 0 aliphatic heterocycles. The van der Waals surface area contributed by atoms with E-state index in [-0.39, 0.29) is 10.6 Å². The topological polar surface area (TPSA) is 67.2 Å². The number of carboxylic acid groups (broad SMARTS) is 1. The van der Waals surface area contributed by atoms with Gasteiger partial charge in [0.15, 0.2) is 0 Å². The fourth-order valence-corrected chi connectivity index (χ4v) is 2.04. The van der Waals surface area contributed by atoms with Crippen LogP contribution in [0.2, 0.25) is 5.02 Å². The molecule has 2 aromatic rings. The van der Waals surface area contributed by atoms with Crippen LogP contribution in [0.1, 0.15) is 15.9 Å². The molecule has 19 heavy (non-hydrogen) atoms. The Hall–Kier alpha value is -2.01. The van der Waals surface area contributed by atoms with Crippen molar-refractivity contribution in [3.05, 3.63) is 46.7 Å². The van der Waals surface area contributed by atoms with E-state index in [4.69, 9.17) is 16.7 Å². The summed E-state index contributed by atoms with van der Waals surface area (Å²) in [6.45, 7) is 3.19. The fraction of sp³-hybridized carbons (Fsp3) is 0.231. The van der Waals surface area contributed by atoms with Crippen molar-refractivity contribution in [1.29, 1.82) is 0 Å². The monoisotopic (exact) mass is 279 g/mol. The number of hydrogen-bond acceptors (Lipinski definition) is 3. The maximum Gasteiger partial charge on any atom is 0.339 e. The van der Waals surface area contributed by atoms with E-state index >= 15 is 0 Å². The Morgan fingerprint density at radius 1 is 1.53 bits per heavy atom. The average Bonchev–Trinajstić information content (AvgIpc) is 2.74. The SMILES string of the molecule is Cc1cnn(CCNc2cccc(Cl)c2C(=O)O)c1. The van der Waals surface area contributed by atoms with Crippen LogP contribution in [-0.2, 0) is 6.54 Å². The first-order valence-electron chi connectivity index (χ1n) is 5.82. The van der Waals surface area contributed by atoms with Crippen LogP contribution in [0, 0.1) is 6.92 Å². The lowest BCUT2D eigenvalue weighted by Crippen LogP contribution is -2.13. The van der Waals surface area contributed by atoms with Crippen LogP contribution in [0.4, 0.5) is 5.69 Å². The molecule has 2 rings (SSSR count). The van der Waals surface area contributed by atoms with Crippen LogP contribution >= 0.6 is 11.6 Å². The molecule has 0 saturated heterocycles. The van der Waals surface area contributed by atoms with Crippen molar-refractivity contribution in [3.63, 3.8) is 0 Å². The third-order valence-electron chi connectivity index (χ3n) is 2.65. The number of aryl methyl sites for hydroxylation is 1. The maximum atomic E-state index is 11.1. The number of carboxylic acids is 1. The maximum absolute atomic E-state index is 11.1. The zero-order chi connectivity index (χ0) is 13.8. The van der Waals surface area contributed by atoms with Crippen LogP contribution in [0.15, 0.2) is 30.6 Å². The Morgan fingerprint density at radius 2 is 2.32 bits per heavy atom. The molecule has 0 spiro atoms. The summed E-state index contributed by atoms with van der Waals surface area (Å²) < 4.78 is 1.80. The van der Waals surface area contributed by atoms with Crippen molar-refractivity contribution in [1.82, 2.24) is 9.78 Å². The van der Waals surface area contributed by atoms with E-state index in [2.05, 4.69) is 10.4 Å². The summed E-state index contributed by atoms with van der Waals surface area (Å²) in [6, 6.07) is 4.98. The third kappa shape index (κ3) is 3.26. The molecule has 0 aliphatic rings. The van der Waals surface area contributed by atoms with Gasteiger partial charge < -0.3 is 10.4 Å². The van der Waals surface area contributed by atoms with Crippen LogP contribution in [0.5, 0.6) is 0 Å². The molecular formula is C13H14ClN3O2. The van der Waals surface area contributed by atoms with Gasteiger partial charge >= 0.3 is 5.97 Å². The molecule has 0 unspecified atom stereocenters. The van der Waals surface area contributed by atoms with Crippen LogP contribution < -0.4 is 5.32 Å². The zero-order valence-electron chi connectivity index (χ0n) is 10.4. The number of nitrogens with one attached hydrogen (secondary N) is 1. The Kier molecular flexibility index (Phi) is 4.06. The summed E-state index contributed by atoms with van der Waals surface area (Å²) in [6.07, 6.45) is 3.71. The molecule has 0 fully saturated rings. The van der Waals surface area contributed by atoms with E-state index in [0.29, 0.717) is 18.8 Å². The molecular weight excluding hydrogens is 266 g/mol. The first-order chi connectivity index (χ1) is 9.08. The summed E-state index contributed by atoms with van der Waals surface area (Å²) in [5.41, 5.74) is 1.71. The van der Waals surface area contributed by atoms with Gasteiger partial charge in [-0.2, -0.15) is 5.10 Å². The van der Waals surface area contributed by atoms with Crippen molar-refractivity contribution < 1.29 is 9.90 Å². The molecule has 0 aliphatic carbocycles. The van der Waals surface area contributed by atoms with Crippen molar-refractivity contribution >= 4 is 23.3 Å². The van der Waals surface area contributed by atoms with Crippen molar-refractivity contribution in [2.75, 3.05) is 11.9 Å². The number of anilines is 1. The minimum atomic E-state index is -1.04. The first kappa shape index (κ1) is 13.4. The van der Waals surface area contributed by atoms with Gasteiger partial charge in [-0.3, -0.25) is 4.68 Å². The van der Waals surface area contributed by atoms with Crippen LogP contribution in [0.3, 0.4) is 0 Å². The second kappa shape index (κ2) is 5.75. The lowest BCUT2D eigenvalue weighted by Gasteiger charge is -2.10. The highest BCUT2D eigenvalue weighted by atomic mass is 35.5. The summed E-state index contributed by atoms with van der Waals surface area (Å²) >= 11 is 5.89. The van der Waals surface area contributed by atoms with E-state index in [1.165, 1.54) is 0 Å². The summed E-state index contributed by atoms with van der Waals surface area (Å²) in [5, 5.41) is 16.6. The molecule has 1 aromatic heterocycles. The van der Waals surface area contributed by atoms with Gasteiger partial charge in [0.05, 0.1) is 23.5 Å². The summed E-state index contributed by atoms with van der Waals surface area (Å²) in [5.74, 6) is -1.04. The van der Waals surface area contributed by atoms with Gasteiger partial charge in [-0.1, -0.05) is 17.7 Å². The number of hydrogen-bond donors (Lipinski definition) is 2. The fourth-order valence-electron chi connectivity index (χ4n) is 1.78. The van der Waals surface area contributed by atoms with Gasteiger partial charge in [-0.05, 0) is 24.6 Å². The van der Waals surface area contributed by atoms with Gasteiger partial charge in [0.2, 0.25) is 0 Å². The number of aromatic carboxylic acids is 1. The largest absolute Gasteiger partial charge is 0.478 e. The molecule has 6 heteroatoms. The molecule has 2 N–H and O–H groups in total. The van der Waals surface area contributed by atoms with Gasteiger partial charge in [0.1, 0.15) is 5.56 Å². The third-order valence-corrected chi connectivity index (χ3v) is 2.96. The van der Waals surface area contributed by atoms with Gasteiger partial charge in [0, 0.05) is 12.7 Å². The molecule has 1 heterocycles. The average molecular weight is 280 g/mol. The molecule has 1 aromatic carbocycles. The first-order valence-corrected chi connectivity index (χ1v) is 6.20. The molecule has 5 nitrogen and oxygen atoms in total. The van der Waals surface area contributed by atoms with E-state index in [1.807, 2.05) is 13.1 Å². The molecule has 100 valence electrons. The number of rotatable bonds is 5. The summed E-state index contributed by atoms with van der Waals surface area (Å²) in [7, 11) is 0. The number of aromatic nitrogens is 2. The Morgan fingerprint density at radius 3 is 2.95 bits per heavy atom. The van der Waals surface area contributed by atoms with E-state index in [9.17, 15) is 4.79 Å². The van der Waals surface area contributed by atoms with Gasteiger partial charge in [-0.25, -0.2) is 4.79 Å². The second-order valence-corrected chi connectivity index (χ2v) is 4.58. The Labute approximate surface area is 115 Å². The number of benzene rings is 1. The summed E-state index contributed by atoms with van der Waals surface area (Å²) in [4.78, 5) is 11.1. The van der Waals surface area contributed by atoms with Crippen molar-refractivity contribution in [2.24, 2.45) is 0 Å². The molecule has 0 amide bonds. The van der Waals surface area contributed by atoms with E-state index in [0.717, 1.165) is 5.56 Å². The van der Waals surface area contributed by atoms with E-state index < -0.39 is 5.97 Å². The Balaban J connectivity index is 2.03. The Bertz CT molecular complexity index is 595. The minimum absolute atomic E-state index is 0.0980. The van der Waals surface area contributed by atoms with Crippen LogP contribution in [-0.4, -0.2) is 27.4 Å². The lowest BCUT2D eigenvalue weighted by molar-refractivity contribution is 0.0698. The highest BCUT2D eigenvalue weighted by Gasteiger charge is 2.13. The normalized spacial score (nSPS) is 10.4. The standard InChI is InChI=1S/C13H14ClN3O2/c1-9-7-16-17(8-9)6-5-15-11-4-2-3-10(14)12(11)13(18)19/h2-4,7-8,15H,5-6H2,1H3,(H,18,19). The second-order valence-electron chi connectivity index (χ2n) is 4.18. The lowest BCUT2D eigenvalue weighted by atomic mass is 10.2.